The Labute approximate surface area is 210 Å². The second-order valence-electron chi connectivity index (χ2n) is 7.43. The van der Waals surface area contributed by atoms with Gasteiger partial charge >= 0.3 is 5.97 Å². The molecule has 0 aliphatic carbocycles. The van der Waals surface area contributed by atoms with Crippen molar-refractivity contribution in [2.75, 3.05) is 23.4 Å². The van der Waals surface area contributed by atoms with Gasteiger partial charge in [0.15, 0.2) is 6.10 Å². The minimum atomic E-state index is -0.755. The molecule has 1 atom stereocenters. The Morgan fingerprint density at radius 3 is 2.56 bits per heavy atom. The van der Waals surface area contributed by atoms with E-state index in [-0.39, 0.29) is 24.6 Å². The molecule has 2 amide bonds. The summed E-state index contributed by atoms with van der Waals surface area (Å²) in [6.07, 6.45) is -0.755. The smallest absolute Gasteiger partial charge is 0.341 e. The number of esters is 1. The number of hydrogen-bond donors (Lipinski definition) is 1. The number of anilines is 2. The van der Waals surface area contributed by atoms with Crippen LogP contribution in [0.5, 0.6) is 5.75 Å². The highest BCUT2D eigenvalue weighted by molar-refractivity contribution is 7.15. The average molecular weight is 519 g/mol. The number of amides is 2. The molecular formula is C24H20Cl2N2O5S. The van der Waals surface area contributed by atoms with E-state index in [1.54, 1.807) is 61.7 Å². The second kappa shape index (κ2) is 10.0. The maximum atomic E-state index is 13.0. The van der Waals surface area contributed by atoms with Crippen molar-refractivity contribution in [3.05, 3.63) is 63.5 Å². The van der Waals surface area contributed by atoms with Crippen molar-refractivity contribution in [3.8, 4) is 16.9 Å². The first kappa shape index (κ1) is 24.1. The number of ether oxygens (including phenoxy) is 2. The molecule has 0 saturated heterocycles. The number of carbonyl (C=O) groups is 3. The number of nitrogens with one attached hydrogen (secondary N) is 1. The quantitative estimate of drug-likeness (QED) is 0.426. The van der Waals surface area contributed by atoms with E-state index in [0.717, 1.165) is 5.56 Å². The number of halogens is 2. The third-order valence-corrected chi connectivity index (χ3v) is 6.49. The fourth-order valence-electron chi connectivity index (χ4n) is 3.55. The lowest BCUT2D eigenvalue weighted by atomic mass is 10.0. The van der Waals surface area contributed by atoms with Crippen LogP contribution in [0.1, 0.15) is 24.2 Å². The predicted molar refractivity (Wildman–Crippen MR) is 133 cm³/mol. The standard InChI is InChI=1S/C24H20Cl2N2O5S/c1-3-32-24(31)21-17(14-4-6-15(25)7-5-14)12-34-22(21)27-20(29)11-28-18-10-16(26)8-9-19(18)33-13(2)23(28)30/h4-10,12-13H,3,11H2,1-2H3,(H,27,29). The summed E-state index contributed by atoms with van der Waals surface area (Å²) in [5.74, 6) is -0.957. The summed E-state index contributed by atoms with van der Waals surface area (Å²) in [5, 5.41) is 5.83. The zero-order valence-corrected chi connectivity index (χ0v) is 20.6. The van der Waals surface area contributed by atoms with Gasteiger partial charge in [0.25, 0.3) is 5.91 Å². The van der Waals surface area contributed by atoms with Gasteiger partial charge in [0.2, 0.25) is 5.91 Å². The topological polar surface area (TPSA) is 84.9 Å². The van der Waals surface area contributed by atoms with Crippen molar-refractivity contribution >= 4 is 63.0 Å². The normalized spacial score (nSPS) is 14.9. The highest BCUT2D eigenvalue weighted by atomic mass is 35.5. The minimum Gasteiger partial charge on any atom is -0.479 e. The molecule has 1 aliphatic heterocycles. The zero-order valence-electron chi connectivity index (χ0n) is 18.3. The fraction of sp³-hybridized carbons (Fsp3) is 0.208. The van der Waals surface area contributed by atoms with Crippen molar-refractivity contribution in [3.63, 3.8) is 0 Å². The molecule has 176 valence electrons. The van der Waals surface area contributed by atoms with E-state index in [1.807, 2.05) is 0 Å². The summed E-state index contributed by atoms with van der Waals surface area (Å²) in [4.78, 5) is 39.9. The molecular weight excluding hydrogens is 499 g/mol. The SMILES string of the molecule is CCOC(=O)c1c(-c2ccc(Cl)cc2)csc1NC(=O)CN1C(=O)C(C)Oc2ccc(Cl)cc21. The minimum absolute atomic E-state index is 0.180. The van der Waals surface area contributed by atoms with Gasteiger partial charge in [-0.2, -0.15) is 0 Å². The van der Waals surface area contributed by atoms with Gasteiger partial charge in [-0.05, 0) is 49.7 Å². The van der Waals surface area contributed by atoms with Gasteiger partial charge < -0.3 is 14.8 Å². The molecule has 7 nitrogen and oxygen atoms in total. The number of thiophene rings is 1. The molecule has 1 aliphatic rings. The maximum absolute atomic E-state index is 13.0. The van der Waals surface area contributed by atoms with E-state index in [1.165, 1.54) is 16.2 Å². The number of benzene rings is 2. The van der Waals surface area contributed by atoms with Gasteiger partial charge in [-0.15, -0.1) is 11.3 Å². The Balaban J connectivity index is 1.62. The lowest BCUT2D eigenvalue weighted by Gasteiger charge is -2.32. The van der Waals surface area contributed by atoms with Gasteiger partial charge in [-0.25, -0.2) is 4.79 Å². The van der Waals surface area contributed by atoms with Gasteiger partial charge in [0.05, 0.1) is 12.3 Å². The molecule has 3 aromatic rings. The van der Waals surface area contributed by atoms with Crippen molar-refractivity contribution in [2.24, 2.45) is 0 Å². The second-order valence-corrected chi connectivity index (χ2v) is 9.18. The van der Waals surface area contributed by atoms with Crippen molar-refractivity contribution in [1.82, 2.24) is 0 Å². The lowest BCUT2D eigenvalue weighted by molar-refractivity contribution is -0.127. The summed E-state index contributed by atoms with van der Waals surface area (Å²) in [6, 6.07) is 11.9. The van der Waals surface area contributed by atoms with Crippen LogP contribution in [0.2, 0.25) is 10.0 Å². The number of carbonyl (C=O) groups excluding carboxylic acids is 3. The summed E-state index contributed by atoms with van der Waals surface area (Å²) >= 11 is 13.3. The molecule has 0 bridgehead atoms. The summed E-state index contributed by atoms with van der Waals surface area (Å²) in [6.45, 7) is 3.22. The highest BCUT2D eigenvalue weighted by Gasteiger charge is 2.33. The first-order valence-corrected chi connectivity index (χ1v) is 12.0. The summed E-state index contributed by atoms with van der Waals surface area (Å²) in [7, 11) is 0. The Morgan fingerprint density at radius 2 is 1.85 bits per heavy atom. The third kappa shape index (κ3) is 4.89. The van der Waals surface area contributed by atoms with E-state index in [4.69, 9.17) is 32.7 Å². The fourth-order valence-corrected chi connectivity index (χ4v) is 4.82. The molecule has 0 saturated carbocycles. The van der Waals surface area contributed by atoms with E-state index in [0.29, 0.717) is 32.0 Å². The molecule has 2 heterocycles. The number of hydrogen-bond acceptors (Lipinski definition) is 6. The van der Waals surface area contributed by atoms with Crippen LogP contribution in [0, 0.1) is 0 Å². The van der Waals surface area contributed by atoms with Gasteiger partial charge in [0, 0.05) is 21.0 Å². The van der Waals surface area contributed by atoms with E-state index < -0.39 is 18.0 Å². The summed E-state index contributed by atoms with van der Waals surface area (Å²) in [5.41, 5.74) is 2.02. The van der Waals surface area contributed by atoms with Gasteiger partial charge in [-0.3, -0.25) is 14.5 Å². The Morgan fingerprint density at radius 1 is 1.15 bits per heavy atom. The molecule has 34 heavy (non-hydrogen) atoms. The van der Waals surface area contributed by atoms with E-state index >= 15 is 0 Å². The molecule has 10 heteroatoms. The number of rotatable bonds is 6. The van der Waals surface area contributed by atoms with Crippen LogP contribution in [-0.4, -0.2) is 37.0 Å². The lowest BCUT2D eigenvalue weighted by Crippen LogP contribution is -2.47. The third-order valence-electron chi connectivity index (χ3n) is 5.11. The van der Waals surface area contributed by atoms with Crippen molar-refractivity contribution < 1.29 is 23.9 Å². The zero-order chi connectivity index (χ0) is 24.4. The van der Waals surface area contributed by atoms with Gasteiger partial charge in [-0.1, -0.05) is 35.3 Å². The van der Waals surface area contributed by atoms with E-state index in [2.05, 4.69) is 5.32 Å². The molecule has 0 radical (unpaired) electrons. The average Bonchev–Trinajstić information content (AvgIpc) is 3.21. The Bertz CT molecular complexity index is 1260. The van der Waals surface area contributed by atoms with Crippen LogP contribution in [0.4, 0.5) is 10.7 Å². The van der Waals surface area contributed by atoms with Crippen LogP contribution < -0.4 is 15.0 Å². The molecule has 2 aromatic carbocycles. The molecule has 1 unspecified atom stereocenters. The first-order chi connectivity index (χ1) is 16.3. The van der Waals surface area contributed by atoms with E-state index in [9.17, 15) is 14.4 Å². The van der Waals surface area contributed by atoms with Crippen LogP contribution >= 0.6 is 34.5 Å². The number of fused-ring (bicyclic) bond motifs is 1. The molecule has 1 N–H and O–H groups in total. The highest BCUT2D eigenvalue weighted by Crippen LogP contribution is 2.38. The van der Waals surface area contributed by atoms with Crippen LogP contribution in [0.3, 0.4) is 0 Å². The van der Waals surface area contributed by atoms with Crippen molar-refractivity contribution in [1.29, 1.82) is 0 Å². The molecule has 4 rings (SSSR count). The molecule has 0 spiro atoms. The number of nitrogens with zero attached hydrogens (tertiary/aromatic N) is 1. The predicted octanol–water partition coefficient (Wildman–Crippen LogP) is 5.65. The molecule has 1 aromatic heterocycles. The Hall–Kier alpha value is -3.07. The first-order valence-electron chi connectivity index (χ1n) is 10.4. The largest absolute Gasteiger partial charge is 0.479 e. The van der Waals surface area contributed by atoms with Crippen molar-refractivity contribution in [2.45, 2.75) is 20.0 Å². The Kier molecular flexibility index (Phi) is 7.11. The van der Waals surface area contributed by atoms with Crippen LogP contribution in [-0.2, 0) is 14.3 Å². The van der Waals surface area contributed by atoms with Crippen LogP contribution in [0.15, 0.2) is 47.8 Å². The summed E-state index contributed by atoms with van der Waals surface area (Å²) < 4.78 is 10.8. The maximum Gasteiger partial charge on any atom is 0.341 e. The van der Waals surface area contributed by atoms with Crippen LogP contribution in [0.25, 0.3) is 11.1 Å². The monoisotopic (exact) mass is 518 g/mol. The van der Waals surface area contributed by atoms with Gasteiger partial charge in [0.1, 0.15) is 22.9 Å². The molecule has 0 fully saturated rings.